The van der Waals surface area contributed by atoms with E-state index in [2.05, 4.69) is 37.4 Å². The number of aliphatic carboxylic acids is 1. The number of carboxylic acids is 1. The molecule has 1 atom stereocenters. The molecule has 0 bridgehead atoms. The van der Waals surface area contributed by atoms with Crippen LogP contribution in [0.1, 0.15) is 181 Å². The number of nitrogens with one attached hydrogen (secondary N) is 1. The fraction of sp³-hybridized carbons (Fsp3) is 0.811. The van der Waals surface area contributed by atoms with Gasteiger partial charge in [-0.25, -0.2) is 0 Å². The van der Waals surface area contributed by atoms with Gasteiger partial charge in [-0.2, -0.15) is 0 Å². The maximum Gasteiger partial charge on any atom is 0.322 e. The van der Waals surface area contributed by atoms with Crippen LogP contribution in [0.15, 0.2) is 24.3 Å². The number of carbonyl (C=O) groups is 3. The van der Waals surface area contributed by atoms with E-state index in [1.54, 1.807) is 0 Å². The summed E-state index contributed by atoms with van der Waals surface area (Å²) < 4.78 is 5.84. The van der Waals surface area contributed by atoms with Gasteiger partial charge in [-0.3, -0.25) is 14.4 Å². The minimum atomic E-state index is -1.03. The Balaban J connectivity index is 4.09. The molecule has 250 valence electrons. The molecule has 0 aromatic rings. The molecule has 0 aliphatic rings. The van der Waals surface area contributed by atoms with Crippen molar-refractivity contribution in [2.45, 2.75) is 187 Å². The molecule has 0 spiro atoms. The summed E-state index contributed by atoms with van der Waals surface area (Å²) in [6.07, 6.45) is 37.4. The van der Waals surface area contributed by atoms with Gasteiger partial charge < -0.3 is 15.2 Å². The smallest absolute Gasteiger partial charge is 0.322 e. The lowest BCUT2D eigenvalue weighted by atomic mass is 10.0. The van der Waals surface area contributed by atoms with Gasteiger partial charge in [0.2, 0.25) is 5.91 Å². The maximum absolute atomic E-state index is 12.6. The van der Waals surface area contributed by atoms with Crippen LogP contribution in [0.25, 0.3) is 0 Å². The average Bonchev–Trinajstić information content (AvgIpc) is 2.99. The number of carboxylic acid groups (broad SMARTS) is 1. The lowest BCUT2D eigenvalue weighted by Crippen LogP contribution is -2.28. The van der Waals surface area contributed by atoms with Gasteiger partial charge in [0.05, 0.1) is 0 Å². The van der Waals surface area contributed by atoms with Gasteiger partial charge >= 0.3 is 11.9 Å². The van der Waals surface area contributed by atoms with Gasteiger partial charge in [0, 0.05) is 12.8 Å². The van der Waals surface area contributed by atoms with Crippen LogP contribution in [-0.2, 0) is 19.1 Å². The Labute approximate surface area is 264 Å². The van der Waals surface area contributed by atoms with E-state index in [9.17, 15) is 14.4 Å². The summed E-state index contributed by atoms with van der Waals surface area (Å²) in [6.45, 7) is 4.14. The largest absolute Gasteiger partial charge is 0.480 e. The lowest BCUT2D eigenvalue weighted by molar-refractivity contribution is -0.147. The van der Waals surface area contributed by atoms with E-state index in [0.29, 0.717) is 12.8 Å². The average molecular weight is 606 g/mol. The molecule has 1 unspecified atom stereocenters. The van der Waals surface area contributed by atoms with E-state index >= 15 is 0 Å². The molecule has 2 N–H and O–H groups in total. The van der Waals surface area contributed by atoms with Crippen molar-refractivity contribution in [3.63, 3.8) is 0 Å². The quantitative estimate of drug-likeness (QED) is 0.0452. The Morgan fingerprint density at radius 3 is 1.70 bits per heavy atom. The van der Waals surface area contributed by atoms with Crippen LogP contribution in [0.3, 0.4) is 0 Å². The van der Waals surface area contributed by atoms with Crippen molar-refractivity contribution in [3.05, 3.63) is 24.3 Å². The molecule has 0 radical (unpaired) electrons. The molecule has 6 nitrogen and oxygen atoms in total. The van der Waals surface area contributed by atoms with Gasteiger partial charge in [0.1, 0.15) is 12.6 Å². The predicted molar refractivity (Wildman–Crippen MR) is 180 cm³/mol. The second kappa shape index (κ2) is 32.8. The van der Waals surface area contributed by atoms with Gasteiger partial charge in [-0.15, -0.1) is 0 Å². The Hall–Kier alpha value is -2.11. The SMILES string of the molecule is CCCC/C=C\C/C=C\C(CCCCCCC(=O)NCC(=O)O)OC(=O)CCCCCCCCCCCCCCCCC. The van der Waals surface area contributed by atoms with Crippen molar-refractivity contribution < 1.29 is 24.2 Å². The van der Waals surface area contributed by atoms with E-state index < -0.39 is 5.97 Å². The highest BCUT2D eigenvalue weighted by atomic mass is 16.5. The third kappa shape index (κ3) is 32.6. The first-order chi connectivity index (χ1) is 21.0. The van der Waals surface area contributed by atoms with E-state index in [-0.39, 0.29) is 24.5 Å². The molecule has 0 aliphatic carbocycles. The summed E-state index contributed by atoms with van der Waals surface area (Å²) in [5.41, 5.74) is 0. The van der Waals surface area contributed by atoms with Crippen LogP contribution in [0.5, 0.6) is 0 Å². The lowest BCUT2D eigenvalue weighted by Gasteiger charge is -2.14. The van der Waals surface area contributed by atoms with Gasteiger partial charge in [0.15, 0.2) is 0 Å². The first kappa shape index (κ1) is 40.9. The molecule has 6 heteroatoms. The van der Waals surface area contributed by atoms with Crippen LogP contribution in [-0.4, -0.2) is 35.6 Å². The minimum absolute atomic E-state index is 0.0991. The Bertz CT molecular complexity index is 718. The van der Waals surface area contributed by atoms with Crippen LogP contribution in [0.2, 0.25) is 0 Å². The molecule has 0 aromatic heterocycles. The number of rotatable bonds is 32. The summed E-state index contributed by atoms with van der Waals surface area (Å²) >= 11 is 0. The molecule has 1 amide bonds. The topological polar surface area (TPSA) is 92.7 Å². The Kier molecular flexibility index (Phi) is 31.2. The fourth-order valence-corrected chi connectivity index (χ4v) is 5.16. The Morgan fingerprint density at radius 1 is 0.628 bits per heavy atom. The summed E-state index contributed by atoms with van der Waals surface area (Å²) in [5.74, 6) is -1.35. The summed E-state index contributed by atoms with van der Waals surface area (Å²) in [7, 11) is 0. The first-order valence-corrected chi connectivity index (χ1v) is 18.0. The molecular formula is C37H67NO5. The summed E-state index contributed by atoms with van der Waals surface area (Å²) in [6, 6.07) is 0. The van der Waals surface area contributed by atoms with Crippen molar-refractivity contribution >= 4 is 17.8 Å². The third-order valence-corrected chi connectivity index (χ3v) is 7.86. The number of hydrogen-bond donors (Lipinski definition) is 2. The number of unbranched alkanes of at least 4 members (excludes halogenated alkanes) is 19. The number of carbonyl (C=O) groups excluding carboxylic acids is 2. The Morgan fingerprint density at radius 2 is 1.14 bits per heavy atom. The van der Waals surface area contributed by atoms with Gasteiger partial charge in [-0.05, 0) is 44.6 Å². The number of amides is 1. The highest BCUT2D eigenvalue weighted by Gasteiger charge is 2.11. The highest BCUT2D eigenvalue weighted by Crippen LogP contribution is 2.16. The van der Waals surface area contributed by atoms with Gasteiger partial charge in [-0.1, -0.05) is 148 Å². The first-order valence-electron chi connectivity index (χ1n) is 18.0. The van der Waals surface area contributed by atoms with E-state index in [4.69, 9.17) is 9.84 Å². The zero-order chi connectivity index (χ0) is 31.6. The molecule has 0 fully saturated rings. The van der Waals surface area contributed by atoms with Crippen LogP contribution < -0.4 is 5.32 Å². The van der Waals surface area contributed by atoms with Crippen molar-refractivity contribution in [1.82, 2.24) is 5.32 Å². The van der Waals surface area contributed by atoms with E-state index in [1.807, 2.05) is 6.08 Å². The molecular weight excluding hydrogens is 538 g/mol. The molecule has 43 heavy (non-hydrogen) atoms. The predicted octanol–water partition coefficient (Wildman–Crippen LogP) is 10.4. The number of allylic oxidation sites excluding steroid dienone is 3. The van der Waals surface area contributed by atoms with E-state index in [1.165, 1.54) is 96.3 Å². The zero-order valence-electron chi connectivity index (χ0n) is 28.1. The van der Waals surface area contributed by atoms with Crippen LogP contribution in [0, 0.1) is 0 Å². The van der Waals surface area contributed by atoms with Crippen LogP contribution >= 0.6 is 0 Å². The number of ether oxygens (including phenoxy) is 1. The van der Waals surface area contributed by atoms with Crippen LogP contribution in [0.4, 0.5) is 0 Å². The molecule has 0 saturated carbocycles. The highest BCUT2D eigenvalue weighted by molar-refractivity contribution is 5.80. The van der Waals surface area contributed by atoms with Crippen molar-refractivity contribution in [2.75, 3.05) is 6.54 Å². The normalized spacial score (nSPS) is 12.2. The van der Waals surface area contributed by atoms with Crippen molar-refractivity contribution in [1.29, 1.82) is 0 Å². The summed E-state index contributed by atoms with van der Waals surface area (Å²) in [5, 5.41) is 11.0. The van der Waals surface area contributed by atoms with Crippen molar-refractivity contribution in [2.24, 2.45) is 0 Å². The van der Waals surface area contributed by atoms with Gasteiger partial charge in [0.25, 0.3) is 0 Å². The third-order valence-electron chi connectivity index (χ3n) is 7.86. The number of esters is 1. The molecule has 0 aromatic carbocycles. The summed E-state index contributed by atoms with van der Waals surface area (Å²) in [4.78, 5) is 34.7. The molecule has 0 saturated heterocycles. The molecule has 0 aliphatic heterocycles. The minimum Gasteiger partial charge on any atom is -0.480 e. The second-order valence-electron chi connectivity index (χ2n) is 12.1. The molecule has 0 heterocycles. The second-order valence-corrected chi connectivity index (χ2v) is 12.1. The molecule has 0 rings (SSSR count). The van der Waals surface area contributed by atoms with E-state index in [0.717, 1.165) is 57.8 Å². The fourth-order valence-electron chi connectivity index (χ4n) is 5.16. The number of hydrogen-bond acceptors (Lipinski definition) is 4. The zero-order valence-corrected chi connectivity index (χ0v) is 28.1. The maximum atomic E-state index is 12.6. The van der Waals surface area contributed by atoms with Crippen molar-refractivity contribution in [3.8, 4) is 0 Å². The monoisotopic (exact) mass is 606 g/mol. The standard InChI is InChI=1S/C37H67NO5/c1-3-5-7-9-11-12-13-14-15-16-17-18-20-22-28-32-37(42)43-34(29-25-21-19-10-8-6-4-2)30-26-23-24-27-31-35(39)38-33-36(40)41/h10,19,25,29,34H,3-9,11-18,20-24,26-28,30-33H2,1-2H3,(H,38,39)(H,40,41)/b19-10-,29-25-.